The molecule has 0 atom stereocenters. The zero-order valence-electron chi connectivity index (χ0n) is 15.7. The molecule has 0 spiro atoms. The van der Waals surface area contributed by atoms with Crippen LogP contribution in [0.3, 0.4) is 0 Å². The van der Waals surface area contributed by atoms with Crippen LogP contribution in [0.1, 0.15) is 35.7 Å². The topological polar surface area (TPSA) is 72.9 Å². The maximum atomic E-state index is 12.5. The Hall–Kier alpha value is -2.57. The molecule has 1 amide bonds. The van der Waals surface area contributed by atoms with Gasteiger partial charge in [0.2, 0.25) is 0 Å². The summed E-state index contributed by atoms with van der Waals surface area (Å²) in [6, 6.07) is 9.93. The van der Waals surface area contributed by atoms with E-state index in [0.29, 0.717) is 27.0 Å². The van der Waals surface area contributed by atoms with Crippen LogP contribution in [-0.4, -0.2) is 30.9 Å². The Morgan fingerprint density at radius 1 is 1.14 bits per heavy atom. The van der Waals surface area contributed by atoms with Gasteiger partial charge >= 0.3 is 5.97 Å². The first-order chi connectivity index (χ1) is 13.9. The number of anilines is 1. The standard InChI is InChI=1S/C21H19Cl2NO5/c1-2-28-21(27)8-6-18(25)13-4-7-19-17(9-13)24(20(26)12-29-19)11-14-3-5-15(22)10-16(14)23/h3-5,7,9-10H,2,6,8,11-12H2,1H3. The average molecular weight is 436 g/mol. The van der Waals surface area contributed by atoms with Crippen molar-refractivity contribution in [3.63, 3.8) is 0 Å². The predicted molar refractivity (Wildman–Crippen MR) is 110 cm³/mol. The third kappa shape index (κ3) is 5.08. The van der Waals surface area contributed by atoms with Gasteiger partial charge in [-0.1, -0.05) is 29.3 Å². The number of halogens is 2. The quantitative estimate of drug-likeness (QED) is 0.474. The molecule has 0 N–H and O–H groups in total. The summed E-state index contributed by atoms with van der Waals surface area (Å²) >= 11 is 12.2. The van der Waals surface area contributed by atoms with E-state index in [-0.39, 0.29) is 44.3 Å². The molecule has 0 saturated carbocycles. The lowest BCUT2D eigenvalue weighted by atomic mass is 10.0. The second-order valence-electron chi connectivity index (χ2n) is 6.41. The Labute approximate surface area is 178 Å². The fourth-order valence-electron chi connectivity index (χ4n) is 2.96. The van der Waals surface area contributed by atoms with E-state index < -0.39 is 5.97 Å². The number of hydrogen-bond donors (Lipinski definition) is 0. The maximum absolute atomic E-state index is 12.5. The summed E-state index contributed by atoms with van der Waals surface area (Å²) in [7, 11) is 0. The normalized spacial score (nSPS) is 12.9. The number of rotatable bonds is 7. The first kappa shape index (κ1) is 21.1. The van der Waals surface area contributed by atoms with Crippen molar-refractivity contribution in [2.75, 3.05) is 18.1 Å². The second-order valence-corrected chi connectivity index (χ2v) is 7.26. The van der Waals surface area contributed by atoms with E-state index >= 15 is 0 Å². The van der Waals surface area contributed by atoms with Crippen LogP contribution in [0.25, 0.3) is 0 Å². The van der Waals surface area contributed by atoms with Crippen molar-refractivity contribution in [1.82, 2.24) is 0 Å². The summed E-state index contributed by atoms with van der Waals surface area (Å²) in [4.78, 5) is 38.0. The number of carbonyl (C=O) groups excluding carboxylic acids is 3. The van der Waals surface area contributed by atoms with E-state index in [4.69, 9.17) is 32.7 Å². The summed E-state index contributed by atoms with van der Waals surface area (Å²) in [5.74, 6) is -0.393. The minimum Gasteiger partial charge on any atom is -0.482 e. The van der Waals surface area contributed by atoms with Crippen LogP contribution in [0.4, 0.5) is 5.69 Å². The van der Waals surface area contributed by atoms with Gasteiger partial charge in [0.15, 0.2) is 12.4 Å². The lowest BCUT2D eigenvalue weighted by Crippen LogP contribution is -2.38. The van der Waals surface area contributed by atoms with Crippen LogP contribution in [0.5, 0.6) is 5.75 Å². The molecule has 0 fully saturated rings. The van der Waals surface area contributed by atoms with Gasteiger partial charge in [0.05, 0.1) is 25.3 Å². The summed E-state index contributed by atoms with van der Waals surface area (Å²) in [6.45, 7) is 2.09. The van der Waals surface area contributed by atoms with Gasteiger partial charge in [-0.15, -0.1) is 0 Å². The number of ketones is 1. The fraction of sp³-hybridized carbons (Fsp3) is 0.286. The maximum Gasteiger partial charge on any atom is 0.306 e. The number of hydrogen-bond acceptors (Lipinski definition) is 5. The minimum atomic E-state index is -0.420. The van der Waals surface area contributed by atoms with E-state index in [1.807, 2.05) is 0 Å². The molecule has 3 rings (SSSR count). The largest absolute Gasteiger partial charge is 0.482 e. The van der Waals surface area contributed by atoms with E-state index in [2.05, 4.69) is 0 Å². The molecule has 1 aliphatic heterocycles. The Kier molecular flexibility index (Phi) is 6.77. The van der Waals surface area contributed by atoms with Crippen molar-refractivity contribution < 1.29 is 23.9 Å². The molecule has 0 saturated heterocycles. The zero-order chi connectivity index (χ0) is 21.0. The highest BCUT2D eigenvalue weighted by molar-refractivity contribution is 6.35. The van der Waals surface area contributed by atoms with Gasteiger partial charge in [-0.05, 0) is 42.8 Å². The summed E-state index contributed by atoms with van der Waals surface area (Å²) < 4.78 is 10.3. The first-order valence-electron chi connectivity index (χ1n) is 9.09. The van der Waals surface area contributed by atoms with Crippen molar-refractivity contribution in [3.8, 4) is 5.75 Å². The first-order valence-corrected chi connectivity index (χ1v) is 9.84. The molecule has 2 aromatic rings. The highest BCUT2D eigenvalue weighted by atomic mass is 35.5. The van der Waals surface area contributed by atoms with E-state index in [1.165, 1.54) is 4.90 Å². The lowest BCUT2D eigenvalue weighted by Gasteiger charge is -2.30. The van der Waals surface area contributed by atoms with Gasteiger partial charge in [-0.3, -0.25) is 14.4 Å². The third-order valence-electron chi connectivity index (χ3n) is 4.43. The molecule has 0 unspecified atom stereocenters. The molecular weight excluding hydrogens is 417 g/mol. The molecule has 2 aromatic carbocycles. The van der Waals surface area contributed by atoms with Gasteiger partial charge in [0.1, 0.15) is 5.75 Å². The number of fused-ring (bicyclic) bond motifs is 1. The summed E-state index contributed by atoms with van der Waals surface area (Å²) in [6.07, 6.45) is 0.0265. The Morgan fingerprint density at radius 3 is 2.66 bits per heavy atom. The van der Waals surface area contributed by atoms with E-state index in [1.54, 1.807) is 43.3 Å². The van der Waals surface area contributed by atoms with E-state index in [9.17, 15) is 14.4 Å². The van der Waals surface area contributed by atoms with Crippen LogP contribution in [0.2, 0.25) is 10.0 Å². The molecule has 152 valence electrons. The molecule has 1 heterocycles. The summed E-state index contributed by atoms with van der Waals surface area (Å²) in [5.41, 5.74) is 1.59. The summed E-state index contributed by atoms with van der Waals surface area (Å²) in [5, 5.41) is 0.946. The number of ether oxygens (including phenoxy) is 2. The highest BCUT2D eigenvalue weighted by Gasteiger charge is 2.27. The van der Waals surface area contributed by atoms with Crippen molar-refractivity contribution >= 4 is 46.5 Å². The van der Waals surface area contributed by atoms with Crippen molar-refractivity contribution in [1.29, 1.82) is 0 Å². The Bertz CT molecular complexity index is 960. The van der Waals surface area contributed by atoms with Crippen LogP contribution < -0.4 is 9.64 Å². The highest BCUT2D eigenvalue weighted by Crippen LogP contribution is 2.35. The Balaban J connectivity index is 1.83. The van der Waals surface area contributed by atoms with Crippen LogP contribution in [0, 0.1) is 0 Å². The average Bonchev–Trinajstić information content (AvgIpc) is 2.69. The second kappa shape index (κ2) is 9.29. The molecule has 6 nitrogen and oxygen atoms in total. The predicted octanol–water partition coefficient (Wildman–Crippen LogP) is 4.45. The molecule has 0 aromatic heterocycles. The third-order valence-corrected chi connectivity index (χ3v) is 5.02. The van der Waals surface area contributed by atoms with Crippen LogP contribution in [0.15, 0.2) is 36.4 Å². The monoisotopic (exact) mass is 435 g/mol. The molecule has 29 heavy (non-hydrogen) atoms. The minimum absolute atomic E-state index is 0.00326. The van der Waals surface area contributed by atoms with Crippen molar-refractivity contribution in [3.05, 3.63) is 57.6 Å². The molecule has 1 aliphatic rings. The number of carbonyl (C=O) groups is 3. The van der Waals surface area contributed by atoms with Crippen molar-refractivity contribution in [2.24, 2.45) is 0 Å². The SMILES string of the molecule is CCOC(=O)CCC(=O)c1ccc2c(c1)N(Cc1ccc(Cl)cc1Cl)C(=O)CO2. The van der Waals surface area contributed by atoms with Crippen molar-refractivity contribution in [2.45, 2.75) is 26.3 Å². The molecule has 0 aliphatic carbocycles. The lowest BCUT2D eigenvalue weighted by molar-refractivity contribution is -0.143. The smallest absolute Gasteiger partial charge is 0.306 e. The number of benzene rings is 2. The number of amides is 1. The van der Waals surface area contributed by atoms with Gasteiger partial charge in [0, 0.05) is 22.0 Å². The number of nitrogens with zero attached hydrogens (tertiary/aromatic N) is 1. The molecular formula is C21H19Cl2NO5. The van der Waals surface area contributed by atoms with Crippen LogP contribution >= 0.6 is 23.2 Å². The number of Topliss-reactive ketones (excluding diaryl/α,β-unsaturated/α-hetero) is 1. The zero-order valence-corrected chi connectivity index (χ0v) is 17.3. The van der Waals surface area contributed by atoms with Gasteiger partial charge in [0.25, 0.3) is 5.91 Å². The number of esters is 1. The fourth-order valence-corrected chi connectivity index (χ4v) is 3.43. The van der Waals surface area contributed by atoms with Gasteiger partial charge in [-0.2, -0.15) is 0 Å². The van der Waals surface area contributed by atoms with Gasteiger partial charge in [-0.25, -0.2) is 0 Å². The molecule has 8 heteroatoms. The van der Waals surface area contributed by atoms with Crippen LogP contribution in [-0.2, 0) is 20.9 Å². The Morgan fingerprint density at radius 2 is 1.93 bits per heavy atom. The molecule has 0 radical (unpaired) electrons. The molecule has 0 bridgehead atoms. The van der Waals surface area contributed by atoms with E-state index in [0.717, 1.165) is 5.56 Å². The van der Waals surface area contributed by atoms with Gasteiger partial charge < -0.3 is 14.4 Å².